The van der Waals surface area contributed by atoms with Crippen molar-refractivity contribution in [3.8, 4) is 5.69 Å². The first-order valence-corrected chi connectivity index (χ1v) is 12.1. The van der Waals surface area contributed by atoms with Crippen molar-refractivity contribution in [3.05, 3.63) is 88.6 Å². The van der Waals surface area contributed by atoms with Crippen molar-refractivity contribution < 1.29 is 14.0 Å². The number of carbonyl (C=O) groups excluding carboxylic acids is 2. The van der Waals surface area contributed by atoms with E-state index in [1.54, 1.807) is 12.1 Å². The van der Waals surface area contributed by atoms with Crippen LogP contribution in [0.1, 0.15) is 38.6 Å². The maximum Gasteiger partial charge on any atom is 0.287 e. The SMILES string of the molecule is Cc1ccc(C)c(NC(=O)CSc2nnc(CNC(=O)c3ccco3)n2-c2cccc(C)c2C)c1. The number of aryl methyl sites for hydroxylation is 3. The summed E-state index contributed by atoms with van der Waals surface area (Å²) in [5.74, 6) is 0.464. The number of furan rings is 1. The highest BCUT2D eigenvalue weighted by Crippen LogP contribution is 2.26. The second-order valence-electron chi connectivity index (χ2n) is 8.27. The van der Waals surface area contributed by atoms with Gasteiger partial charge < -0.3 is 15.1 Å². The number of nitrogens with one attached hydrogen (secondary N) is 2. The zero-order chi connectivity index (χ0) is 24.9. The Morgan fingerprint density at radius 2 is 1.83 bits per heavy atom. The van der Waals surface area contributed by atoms with E-state index in [9.17, 15) is 9.59 Å². The third kappa shape index (κ3) is 5.63. The number of rotatable bonds is 8. The summed E-state index contributed by atoms with van der Waals surface area (Å²) in [6, 6.07) is 15.2. The normalized spacial score (nSPS) is 10.9. The van der Waals surface area contributed by atoms with E-state index < -0.39 is 0 Å². The highest BCUT2D eigenvalue weighted by molar-refractivity contribution is 7.99. The molecule has 0 bridgehead atoms. The molecule has 0 spiro atoms. The minimum atomic E-state index is -0.340. The summed E-state index contributed by atoms with van der Waals surface area (Å²) >= 11 is 1.29. The molecule has 2 amide bonds. The fourth-order valence-corrected chi connectivity index (χ4v) is 4.33. The van der Waals surface area contributed by atoms with E-state index in [1.165, 1.54) is 18.0 Å². The van der Waals surface area contributed by atoms with Crippen molar-refractivity contribution in [2.75, 3.05) is 11.1 Å². The summed E-state index contributed by atoms with van der Waals surface area (Å²) in [5, 5.41) is 15.0. The molecule has 9 heteroatoms. The average molecular weight is 490 g/mol. The second-order valence-corrected chi connectivity index (χ2v) is 9.21. The molecule has 0 aliphatic rings. The zero-order valence-corrected chi connectivity index (χ0v) is 20.9. The topological polar surface area (TPSA) is 102 Å². The van der Waals surface area contributed by atoms with E-state index in [-0.39, 0.29) is 29.9 Å². The first kappa shape index (κ1) is 24.3. The third-order valence-electron chi connectivity index (χ3n) is 5.67. The zero-order valence-electron chi connectivity index (χ0n) is 20.1. The number of aromatic nitrogens is 3. The van der Waals surface area contributed by atoms with Gasteiger partial charge >= 0.3 is 0 Å². The summed E-state index contributed by atoms with van der Waals surface area (Å²) in [7, 11) is 0. The molecule has 4 rings (SSSR count). The molecular weight excluding hydrogens is 462 g/mol. The average Bonchev–Trinajstić information content (AvgIpc) is 3.51. The minimum absolute atomic E-state index is 0.133. The Morgan fingerprint density at radius 1 is 1.00 bits per heavy atom. The molecule has 2 aromatic carbocycles. The van der Waals surface area contributed by atoms with Crippen LogP contribution >= 0.6 is 11.8 Å². The Kier molecular flexibility index (Phi) is 7.36. The van der Waals surface area contributed by atoms with Crippen LogP contribution in [-0.4, -0.2) is 32.3 Å². The summed E-state index contributed by atoms with van der Waals surface area (Å²) in [4.78, 5) is 25.1. The number of nitrogens with zero attached hydrogens (tertiary/aromatic N) is 3. The molecule has 2 N–H and O–H groups in total. The minimum Gasteiger partial charge on any atom is -0.459 e. The molecule has 35 heavy (non-hydrogen) atoms. The van der Waals surface area contributed by atoms with Crippen LogP contribution < -0.4 is 10.6 Å². The van der Waals surface area contributed by atoms with Crippen LogP contribution in [0.4, 0.5) is 5.69 Å². The van der Waals surface area contributed by atoms with Crippen molar-refractivity contribution in [2.45, 2.75) is 39.4 Å². The van der Waals surface area contributed by atoms with Crippen molar-refractivity contribution in [2.24, 2.45) is 0 Å². The van der Waals surface area contributed by atoms with Crippen LogP contribution in [0, 0.1) is 27.7 Å². The Labute approximate surface area is 208 Å². The Bertz CT molecular complexity index is 1360. The van der Waals surface area contributed by atoms with Crippen LogP contribution in [0.2, 0.25) is 0 Å². The highest BCUT2D eigenvalue weighted by Gasteiger charge is 2.19. The molecule has 0 unspecified atom stereocenters. The molecule has 0 atom stereocenters. The summed E-state index contributed by atoms with van der Waals surface area (Å²) in [6.07, 6.45) is 1.45. The van der Waals surface area contributed by atoms with Crippen molar-refractivity contribution in [3.63, 3.8) is 0 Å². The monoisotopic (exact) mass is 489 g/mol. The van der Waals surface area contributed by atoms with Gasteiger partial charge in [0, 0.05) is 5.69 Å². The molecule has 2 heterocycles. The van der Waals surface area contributed by atoms with Crippen LogP contribution in [-0.2, 0) is 11.3 Å². The highest BCUT2D eigenvalue weighted by atomic mass is 32.2. The molecule has 0 saturated heterocycles. The second kappa shape index (κ2) is 10.6. The van der Waals surface area contributed by atoms with Crippen molar-refractivity contribution >= 4 is 29.3 Å². The van der Waals surface area contributed by atoms with E-state index in [1.807, 2.05) is 68.7 Å². The number of thioether (sulfide) groups is 1. The van der Waals surface area contributed by atoms with Gasteiger partial charge in [-0.1, -0.05) is 36.0 Å². The molecule has 8 nitrogen and oxygen atoms in total. The van der Waals surface area contributed by atoms with Gasteiger partial charge in [-0.2, -0.15) is 0 Å². The van der Waals surface area contributed by atoms with Crippen molar-refractivity contribution in [1.82, 2.24) is 20.1 Å². The van der Waals surface area contributed by atoms with Gasteiger partial charge in [0.2, 0.25) is 5.91 Å². The predicted octanol–water partition coefficient (Wildman–Crippen LogP) is 4.75. The van der Waals surface area contributed by atoms with Gasteiger partial charge in [-0.25, -0.2) is 0 Å². The van der Waals surface area contributed by atoms with Crippen molar-refractivity contribution in [1.29, 1.82) is 0 Å². The molecule has 0 saturated carbocycles. The van der Waals surface area contributed by atoms with Gasteiger partial charge in [0.1, 0.15) is 0 Å². The molecule has 0 aliphatic heterocycles. The smallest absolute Gasteiger partial charge is 0.287 e. The van der Waals surface area contributed by atoms with E-state index in [4.69, 9.17) is 4.42 Å². The Balaban J connectivity index is 1.55. The van der Waals surface area contributed by atoms with Gasteiger partial charge in [-0.15, -0.1) is 10.2 Å². The first-order chi connectivity index (χ1) is 16.8. The lowest BCUT2D eigenvalue weighted by Crippen LogP contribution is -2.24. The standard InChI is InChI=1S/C26H27N5O3S/c1-16-10-11-18(3)20(13-16)28-24(32)15-35-26-30-29-23(14-27-25(33)22-9-6-12-34-22)31(26)21-8-5-7-17(2)19(21)4/h5-13H,14-15H2,1-4H3,(H,27,33)(H,28,32). The molecule has 0 fully saturated rings. The third-order valence-corrected chi connectivity index (χ3v) is 6.60. The molecule has 2 aromatic heterocycles. The maximum absolute atomic E-state index is 12.7. The molecule has 0 aliphatic carbocycles. The Hall–Kier alpha value is -3.85. The molecule has 180 valence electrons. The van der Waals surface area contributed by atoms with Gasteiger partial charge in [0.25, 0.3) is 5.91 Å². The molecule has 4 aromatic rings. The predicted molar refractivity (Wildman–Crippen MR) is 136 cm³/mol. The largest absolute Gasteiger partial charge is 0.459 e. The van der Waals surface area contributed by atoms with Crippen LogP contribution in [0.5, 0.6) is 0 Å². The summed E-state index contributed by atoms with van der Waals surface area (Å²) < 4.78 is 7.05. The van der Waals surface area contributed by atoms with Crippen LogP contribution in [0.25, 0.3) is 5.69 Å². The van der Waals surface area contributed by atoms with Crippen LogP contribution in [0.3, 0.4) is 0 Å². The van der Waals surface area contributed by atoms with Crippen LogP contribution in [0.15, 0.2) is 64.4 Å². The quantitative estimate of drug-likeness (QED) is 0.346. The fraction of sp³-hybridized carbons (Fsp3) is 0.231. The molecule has 0 radical (unpaired) electrons. The van der Waals surface area contributed by atoms with E-state index in [2.05, 4.69) is 20.8 Å². The number of carbonyl (C=O) groups is 2. The number of hydrogen-bond donors (Lipinski definition) is 2. The van der Waals surface area contributed by atoms with Gasteiger partial charge in [0.05, 0.1) is 24.2 Å². The van der Waals surface area contributed by atoms with Gasteiger partial charge in [-0.3, -0.25) is 14.2 Å². The summed E-state index contributed by atoms with van der Waals surface area (Å²) in [5.41, 5.74) is 5.96. The van der Waals surface area contributed by atoms with E-state index in [0.29, 0.717) is 11.0 Å². The number of hydrogen-bond acceptors (Lipinski definition) is 6. The summed E-state index contributed by atoms with van der Waals surface area (Å²) in [6.45, 7) is 8.16. The lowest BCUT2D eigenvalue weighted by Gasteiger charge is -2.15. The van der Waals surface area contributed by atoms with E-state index in [0.717, 1.165) is 33.6 Å². The first-order valence-electron chi connectivity index (χ1n) is 11.2. The molecular formula is C26H27N5O3S. The van der Waals surface area contributed by atoms with E-state index >= 15 is 0 Å². The lowest BCUT2D eigenvalue weighted by molar-refractivity contribution is -0.113. The lowest BCUT2D eigenvalue weighted by atomic mass is 10.1. The number of benzene rings is 2. The number of anilines is 1. The maximum atomic E-state index is 12.7. The van der Waals surface area contributed by atoms with Gasteiger partial charge in [0.15, 0.2) is 16.7 Å². The Morgan fingerprint density at radius 3 is 2.60 bits per heavy atom. The fourth-order valence-electron chi connectivity index (χ4n) is 3.57. The number of amides is 2. The van der Waals surface area contributed by atoms with Gasteiger partial charge in [-0.05, 0) is 74.2 Å².